The maximum absolute atomic E-state index is 9.50. The number of aromatic nitrogens is 2. The fourth-order valence-corrected chi connectivity index (χ4v) is 2.14. The molecule has 2 aromatic rings. The number of nitrogens with one attached hydrogen (secondary N) is 1. The molecule has 1 heterocycles. The van der Waals surface area contributed by atoms with E-state index in [-0.39, 0.29) is 5.41 Å². The molecule has 4 nitrogen and oxygen atoms in total. The Labute approximate surface area is 119 Å². The number of rotatable bonds is 3. The van der Waals surface area contributed by atoms with E-state index in [1.165, 1.54) is 5.56 Å². The van der Waals surface area contributed by atoms with Crippen LogP contribution in [0.5, 0.6) is 5.75 Å². The molecule has 0 saturated carbocycles. The van der Waals surface area contributed by atoms with Crippen LogP contribution in [-0.4, -0.2) is 17.1 Å². The second-order valence-corrected chi connectivity index (χ2v) is 5.74. The van der Waals surface area contributed by atoms with Gasteiger partial charge in [0.15, 0.2) is 0 Å². The minimum absolute atomic E-state index is 0.0180. The molecular formula is C16H19N3O. The van der Waals surface area contributed by atoms with Gasteiger partial charge in [-0.25, -0.2) is 4.98 Å². The van der Waals surface area contributed by atoms with Gasteiger partial charge in [0.05, 0.1) is 13.2 Å². The van der Waals surface area contributed by atoms with E-state index in [2.05, 4.69) is 36.8 Å². The Morgan fingerprint density at radius 1 is 1.35 bits per heavy atom. The number of hydrogen-bond donors (Lipinski definition) is 1. The summed E-state index contributed by atoms with van der Waals surface area (Å²) in [7, 11) is 1.62. The van der Waals surface area contributed by atoms with Gasteiger partial charge < -0.3 is 9.72 Å². The lowest BCUT2D eigenvalue weighted by molar-refractivity contribution is 0.408. The summed E-state index contributed by atoms with van der Waals surface area (Å²) in [5, 5.41) is 9.50. The fourth-order valence-electron chi connectivity index (χ4n) is 2.14. The quantitative estimate of drug-likeness (QED) is 0.929. The summed E-state index contributed by atoms with van der Waals surface area (Å²) >= 11 is 0. The first-order valence-corrected chi connectivity index (χ1v) is 6.54. The highest BCUT2D eigenvalue weighted by atomic mass is 16.5. The summed E-state index contributed by atoms with van der Waals surface area (Å²) in [6.45, 7) is 6.44. The highest BCUT2D eigenvalue weighted by Gasteiger charge is 2.23. The Bertz CT molecular complexity index is 618. The van der Waals surface area contributed by atoms with Crippen molar-refractivity contribution in [1.82, 2.24) is 9.97 Å². The summed E-state index contributed by atoms with van der Waals surface area (Å²) in [6.07, 6.45) is 3.37. The molecule has 4 heteroatoms. The lowest BCUT2D eigenvalue weighted by atomic mass is 9.84. The minimum Gasteiger partial charge on any atom is -0.496 e. The number of H-pyrrole nitrogens is 1. The number of nitriles is 1. The van der Waals surface area contributed by atoms with Gasteiger partial charge in [0.1, 0.15) is 17.5 Å². The zero-order valence-corrected chi connectivity index (χ0v) is 12.3. The molecule has 1 aromatic heterocycles. The van der Waals surface area contributed by atoms with E-state index in [0.717, 1.165) is 5.56 Å². The third-order valence-corrected chi connectivity index (χ3v) is 3.33. The molecule has 1 atom stereocenters. The first kappa shape index (κ1) is 14.1. The van der Waals surface area contributed by atoms with Crippen LogP contribution in [0.2, 0.25) is 0 Å². The lowest BCUT2D eigenvalue weighted by Gasteiger charge is -2.22. The number of nitrogens with zero attached hydrogens (tertiary/aromatic N) is 2. The summed E-state index contributed by atoms with van der Waals surface area (Å²) in [4.78, 5) is 7.20. The molecule has 0 radical (unpaired) electrons. The summed E-state index contributed by atoms with van der Waals surface area (Å²) in [5.41, 5.74) is 2.03. The SMILES string of the molecule is COc1ccc(C(C)(C)C)cc1C(C#N)c1ncc[nH]1. The van der Waals surface area contributed by atoms with Gasteiger partial charge in [0.2, 0.25) is 0 Å². The van der Waals surface area contributed by atoms with E-state index in [1.54, 1.807) is 19.5 Å². The van der Waals surface area contributed by atoms with Crippen molar-refractivity contribution >= 4 is 0 Å². The largest absolute Gasteiger partial charge is 0.496 e. The van der Waals surface area contributed by atoms with Gasteiger partial charge in [-0.3, -0.25) is 0 Å². The van der Waals surface area contributed by atoms with Gasteiger partial charge >= 0.3 is 0 Å². The molecule has 0 saturated heterocycles. The molecule has 0 aliphatic rings. The standard InChI is InChI=1S/C16H19N3O/c1-16(2,3)11-5-6-14(20-4)12(9-11)13(10-17)15-18-7-8-19-15/h5-9,13H,1-4H3,(H,18,19). The smallest absolute Gasteiger partial charge is 0.133 e. The molecular weight excluding hydrogens is 250 g/mol. The Hall–Kier alpha value is -2.28. The van der Waals surface area contributed by atoms with Crippen molar-refractivity contribution in [2.45, 2.75) is 32.1 Å². The van der Waals surface area contributed by atoms with Crippen molar-refractivity contribution in [3.05, 3.63) is 47.5 Å². The van der Waals surface area contributed by atoms with Crippen LogP contribution in [0.3, 0.4) is 0 Å². The number of hydrogen-bond acceptors (Lipinski definition) is 3. The molecule has 1 unspecified atom stereocenters. The summed E-state index contributed by atoms with van der Waals surface area (Å²) in [5.74, 6) is 0.889. The third-order valence-electron chi connectivity index (χ3n) is 3.33. The molecule has 2 rings (SSSR count). The Kier molecular flexibility index (Phi) is 3.80. The van der Waals surface area contributed by atoms with Gasteiger partial charge in [-0.15, -0.1) is 0 Å². The van der Waals surface area contributed by atoms with Crippen molar-refractivity contribution < 1.29 is 4.74 Å². The van der Waals surface area contributed by atoms with E-state index in [9.17, 15) is 5.26 Å². The van der Waals surface area contributed by atoms with Gasteiger partial charge in [-0.1, -0.05) is 26.8 Å². The van der Waals surface area contributed by atoms with Crippen LogP contribution in [0.15, 0.2) is 30.6 Å². The molecule has 0 aliphatic carbocycles. The van der Waals surface area contributed by atoms with Crippen molar-refractivity contribution in [2.75, 3.05) is 7.11 Å². The zero-order chi connectivity index (χ0) is 14.8. The minimum atomic E-state index is -0.456. The molecule has 0 fully saturated rings. The van der Waals surface area contributed by atoms with Gasteiger partial charge in [-0.05, 0) is 23.1 Å². The van der Waals surface area contributed by atoms with E-state index >= 15 is 0 Å². The van der Waals surface area contributed by atoms with E-state index in [0.29, 0.717) is 11.6 Å². The van der Waals surface area contributed by atoms with Crippen LogP contribution in [0.25, 0.3) is 0 Å². The van der Waals surface area contributed by atoms with Crippen LogP contribution in [0.4, 0.5) is 0 Å². The second kappa shape index (κ2) is 5.38. The Balaban J connectivity index is 2.56. The average molecular weight is 269 g/mol. The molecule has 104 valence electrons. The summed E-state index contributed by atoms with van der Waals surface area (Å²) < 4.78 is 5.40. The molecule has 0 spiro atoms. The van der Waals surface area contributed by atoms with Crippen molar-refractivity contribution in [2.24, 2.45) is 0 Å². The van der Waals surface area contributed by atoms with Crippen LogP contribution >= 0.6 is 0 Å². The average Bonchev–Trinajstić information content (AvgIpc) is 2.92. The Morgan fingerprint density at radius 3 is 2.60 bits per heavy atom. The topological polar surface area (TPSA) is 61.7 Å². The zero-order valence-electron chi connectivity index (χ0n) is 12.3. The summed E-state index contributed by atoms with van der Waals surface area (Å²) in [6, 6.07) is 8.30. The highest BCUT2D eigenvalue weighted by Crippen LogP contribution is 2.34. The maximum Gasteiger partial charge on any atom is 0.133 e. The molecule has 1 N–H and O–H groups in total. The monoisotopic (exact) mass is 269 g/mol. The third kappa shape index (κ3) is 2.67. The van der Waals surface area contributed by atoms with E-state index < -0.39 is 5.92 Å². The highest BCUT2D eigenvalue weighted by molar-refractivity contribution is 5.46. The normalized spacial score (nSPS) is 12.8. The van der Waals surface area contributed by atoms with Gasteiger partial charge in [0, 0.05) is 18.0 Å². The van der Waals surface area contributed by atoms with Crippen molar-refractivity contribution in [3.8, 4) is 11.8 Å². The first-order chi connectivity index (χ1) is 9.47. The number of methoxy groups -OCH3 is 1. The first-order valence-electron chi connectivity index (χ1n) is 6.54. The van der Waals surface area contributed by atoms with Gasteiger partial charge in [0.25, 0.3) is 0 Å². The van der Waals surface area contributed by atoms with Crippen LogP contribution < -0.4 is 4.74 Å². The Morgan fingerprint density at radius 2 is 2.10 bits per heavy atom. The van der Waals surface area contributed by atoms with E-state index in [1.807, 2.05) is 18.2 Å². The number of benzene rings is 1. The van der Waals surface area contributed by atoms with Crippen LogP contribution in [0, 0.1) is 11.3 Å². The number of imidazole rings is 1. The maximum atomic E-state index is 9.50. The molecule has 1 aromatic carbocycles. The lowest BCUT2D eigenvalue weighted by Crippen LogP contribution is -2.13. The predicted molar refractivity (Wildman–Crippen MR) is 77.7 cm³/mol. The van der Waals surface area contributed by atoms with Crippen molar-refractivity contribution in [1.29, 1.82) is 5.26 Å². The molecule has 20 heavy (non-hydrogen) atoms. The molecule has 0 aliphatic heterocycles. The van der Waals surface area contributed by atoms with E-state index in [4.69, 9.17) is 4.74 Å². The number of ether oxygens (including phenoxy) is 1. The van der Waals surface area contributed by atoms with Gasteiger partial charge in [-0.2, -0.15) is 5.26 Å². The molecule has 0 bridgehead atoms. The predicted octanol–water partition coefficient (Wildman–Crippen LogP) is 3.37. The molecule has 0 amide bonds. The number of aromatic amines is 1. The van der Waals surface area contributed by atoms with Crippen LogP contribution in [0.1, 0.15) is 43.6 Å². The van der Waals surface area contributed by atoms with Crippen LogP contribution in [-0.2, 0) is 5.41 Å². The van der Waals surface area contributed by atoms with Crippen molar-refractivity contribution in [3.63, 3.8) is 0 Å². The second-order valence-electron chi connectivity index (χ2n) is 5.74. The fraction of sp³-hybridized carbons (Fsp3) is 0.375.